The summed E-state index contributed by atoms with van der Waals surface area (Å²) in [6.45, 7) is 5.60. The van der Waals surface area contributed by atoms with Crippen molar-refractivity contribution in [1.29, 1.82) is 0 Å². The van der Waals surface area contributed by atoms with Crippen LogP contribution in [0.25, 0.3) is 0 Å². The minimum Gasteiger partial charge on any atom is -0.488 e. The number of halogens is 1. The van der Waals surface area contributed by atoms with Gasteiger partial charge in [0.25, 0.3) is 0 Å². The lowest BCUT2D eigenvalue weighted by molar-refractivity contribution is -0.168. The molecule has 3 aromatic carbocycles. The Morgan fingerprint density at radius 2 is 1.49 bits per heavy atom. The van der Waals surface area contributed by atoms with Crippen molar-refractivity contribution in [2.75, 3.05) is 26.4 Å². The summed E-state index contributed by atoms with van der Waals surface area (Å²) < 4.78 is 30.9. The molecule has 1 fully saturated rings. The molecule has 1 aliphatic heterocycles. The molecule has 3 aromatic rings. The highest BCUT2D eigenvalue weighted by Crippen LogP contribution is 2.39. The van der Waals surface area contributed by atoms with Gasteiger partial charge in [0.15, 0.2) is 6.29 Å². The smallest absolute Gasteiger partial charge is 0.157 e. The summed E-state index contributed by atoms with van der Waals surface area (Å²) >= 11 is 3.83. The van der Waals surface area contributed by atoms with Crippen LogP contribution in [-0.2, 0) is 40.3 Å². The molecule has 0 amide bonds. The second kappa shape index (κ2) is 15.1. The number of hydrogen-bond acceptors (Lipinski definition) is 5. The van der Waals surface area contributed by atoms with E-state index in [0.29, 0.717) is 33.0 Å². The zero-order chi connectivity index (χ0) is 25.7. The standard InChI is InChI=1S/C31H37BrO5/c1-2-26-27(16-18-33-19-20-35-30-15-9-10-17-34-30)31(32)29(37-23-25-13-7-4-8-14-25)21-28(26)36-22-24-11-5-3-6-12-24/h3-8,11-14,21,30H,2,9-10,15-20,22-23H2,1H3. The summed E-state index contributed by atoms with van der Waals surface area (Å²) in [7, 11) is 0. The second-order valence-corrected chi connectivity index (χ2v) is 9.87. The summed E-state index contributed by atoms with van der Waals surface area (Å²) in [5, 5.41) is 0. The Morgan fingerprint density at radius 3 is 2.11 bits per heavy atom. The van der Waals surface area contributed by atoms with Crippen LogP contribution in [0.5, 0.6) is 11.5 Å². The Morgan fingerprint density at radius 1 is 0.811 bits per heavy atom. The fourth-order valence-corrected chi connectivity index (χ4v) is 5.08. The van der Waals surface area contributed by atoms with Gasteiger partial charge in [0.05, 0.1) is 24.3 Å². The van der Waals surface area contributed by atoms with E-state index in [1.165, 1.54) is 5.56 Å². The first-order chi connectivity index (χ1) is 18.2. The molecule has 0 spiro atoms. The molecular weight excluding hydrogens is 532 g/mol. The monoisotopic (exact) mass is 568 g/mol. The predicted octanol–water partition coefficient (Wildman–Crippen LogP) is 7.27. The van der Waals surface area contributed by atoms with Gasteiger partial charge in [-0.2, -0.15) is 0 Å². The Hall–Kier alpha value is -2.38. The van der Waals surface area contributed by atoms with E-state index < -0.39 is 0 Å². The molecule has 37 heavy (non-hydrogen) atoms. The van der Waals surface area contributed by atoms with Gasteiger partial charge in [-0.1, -0.05) is 67.6 Å². The van der Waals surface area contributed by atoms with Crippen molar-refractivity contribution in [2.24, 2.45) is 0 Å². The summed E-state index contributed by atoms with van der Waals surface area (Å²) in [5.41, 5.74) is 4.58. The second-order valence-electron chi connectivity index (χ2n) is 9.08. The van der Waals surface area contributed by atoms with E-state index in [1.807, 2.05) is 42.5 Å². The van der Waals surface area contributed by atoms with Gasteiger partial charge >= 0.3 is 0 Å². The summed E-state index contributed by atoms with van der Waals surface area (Å²) in [5.74, 6) is 1.63. The molecule has 1 unspecified atom stereocenters. The first-order valence-electron chi connectivity index (χ1n) is 13.2. The maximum atomic E-state index is 6.34. The van der Waals surface area contributed by atoms with Crippen LogP contribution < -0.4 is 9.47 Å². The van der Waals surface area contributed by atoms with E-state index in [4.69, 9.17) is 23.7 Å². The first kappa shape index (κ1) is 27.6. The molecule has 0 saturated carbocycles. The SMILES string of the molecule is CCc1c(OCc2ccccc2)cc(OCc2ccccc2)c(Br)c1CCOCCOC1CCCCO1. The van der Waals surface area contributed by atoms with Gasteiger partial charge < -0.3 is 23.7 Å². The first-order valence-corrected chi connectivity index (χ1v) is 14.0. The van der Waals surface area contributed by atoms with E-state index in [2.05, 4.69) is 47.1 Å². The number of benzene rings is 3. The van der Waals surface area contributed by atoms with Crippen LogP contribution in [0.2, 0.25) is 0 Å². The third-order valence-electron chi connectivity index (χ3n) is 6.40. The Bertz CT molecular complexity index is 1070. The molecule has 1 heterocycles. The molecule has 198 valence electrons. The van der Waals surface area contributed by atoms with Gasteiger partial charge in [0.2, 0.25) is 0 Å². The number of ether oxygens (including phenoxy) is 5. The average molecular weight is 570 g/mol. The number of rotatable bonds is 14. The van der Waals surface area contributed by atoms with Crippen LogP contribution in [0.3, 0.4) is 0 Å². The lowest BCUT2D eigenvalue weighted by atomic mass is 10.0. The third kappa shape index (κ3) is 8.57. The van der Waals surface area contributed by atoms with E-state index in [9.17, 15) is 0 Å². The van der Waals surface area contributed by atoms with Gasteiger partial charge in [0, 0.05) is 12.7 Å². The van der Waals surface area contributed by atoms with Gasteiger partial charge in [-0.05, 0) is 70.3 Å². The van der Waals surface area contributed by atoms with Crippen molar-refractivity contribution in [3.63, 3.8) is 0 Å². The molecule has 4 rings (SSSR count). The maximum absolute atomic E-state index is 6.34. The summed E-state index contributed by atoms with van der Waals surface area (Å²) in [6, 6.07) is 22.4. The van der Waals surface area contributed by atoms with Crippen molar-refractivity contribution in [3.8, 4) is 11.5 Å². The van der Waals surface area contributed by atoms with Crippen LogP contribution in [0.4, 0.5) is 0 Å². The largest absolute Gasteiger partial charge is 0.488 e. The third-order valence-corrected chi connectivity index (χ3v) is 7.27. The van der Waals surface area contributed by atoms with Crippen molar-refractivity contribution < 1.29 is 23.7 Å². The molecule has 5 nitrogen and oxygen atoms in total. The zero-order valence-electron chi connectivity index (χ0n) is 21.6. The fraction of sp³-hybridized carbons (Fsp3) is 0.419. The average Bonchev–Trinajstić information content (AvgIpc) is 2.95. The molecule has 6 heteroatoms. The van der Waals surface area contributed by atoms with Gasteiger partial charge in [-0.15, -0.1) is 0 Å². The van der Waals surface area contributed by atoms with Crippen molar-refractivity contribution >= 4 is 15.9 Å². The molecule has 0 aliphatic carbocycles. The molecule has 0 bridgehead atoms. The van der Waals surface area contributed by atoms with Crippen molar-refractivity contribution in [2.45, 2.75) is 58.5 Å². The fourth-order valence-electron chi connectivity index (χ4n) is 4.41. The van der Waals surface area contributed by atoms with Crippen LogP contribution in [0.1, 0.15) is 48.4 Å². The molecular formula is C31H37BrO5. The van der Waals surface area contributed by atoms with Crippen LogP contribution in [0.15, 0.2) is 71.2 Å². The Balaban J connectivity index is 1.42. The Kier molecular flexibility index (Phi) is 11.3. The molecule has 1 saturated heterocycles. The molecule has 0 aromatic heterocycles. The van der Waals surface area contributed by atoms with Crippen LogP contribution >= 0.6 is 15.9 Å². The van der Waals surface area contributed by atoms with Gasteiger partial charge in [0.1, 0.15) is 24.7 Å². The van der Waals surface area contributed by atoms with Gasteiger partial charge in [-0.3, -0.25) is 0 Å². The van der Waals surface area contributed by atoms with Crippen LogP contribution in [-0.4, -0.2) is 32.7 Å². The minimum absolute atomic E-state index is 0.0824. The normalized spacial score (nSPS) is 15.5. The predicted molar refractivity (Wildman–Crippen MR) is 149 cm³/mol. The summed E-state index contributed by atoms with van der Waals surface area (Å²) in [6.07, 6.45) is 4.76. The Labute approximate surface area is 229 Å². The molecule has 0 N–H and O–H groups in total. The van der Waals surface area contributed by atoms with Crippen molar-refractivity contribution in [3.05, 3.63) is 93.5 Å². The highest BCUT2D eigenvalue weighted by atomic mass is 79.9. The molecule has 1 atom stereocenters. The van der Waals surface area contributed by atoms with E-state index >= 15 is 0 Å². The summed E-state index contributed by atoms with van der Waals surface area (Å²) in [4.78, 5) is 0. The lowest BCUT2D eigenvalue weighted by Crippen LogP contribution is -2.24. The lowest BCUT2D eigenvalue weighted by Gasteiger charge is -2.22. The topological polar surface area (TPSA) is 46.2 Å². The van der Waals surface area contributed by atoms with E-state index in [-0.39, 0.29) is 6.29 Å². The quantitative estimate of drug-likeness (QED) is 0.191. The highest BCUT2D eigenvalue weighted by molar-refractivity contribution is 9.10. The zero-order valence-corrected chi connectivity index (χ0v) is 23.2. The highest BCUT2D eigenvalue weighted by Gasteiger charge is 2.18. The minimum atomic E-state index is -0.0824. The molecule has 1 aliphatic rings. The van der Waals surface area contributed by atoms with Crippen LogP contribution in [0, 0.1) is 0 Å². The van der Waals surface area contributed by atoms with Crippen molar-refractivity contribution in [1.82, 2.24) is 0 Å². The van der Waals surface area contributed by atoms with Gasteiger partial charge in [-0.25, -0.2) is 0 Å². The van der Waals surface area contributed by atoms with E-state index in [1.54, 1.807) is 0 Å². The maximum Gasteiger partial charge on any atom is 0.157 e. The number of hydrogen-bond donors (Lipinski definition) is 0. The van der Waals surface area contributed by atoms with E-state index in [0.717, 1.165) is 71.4 Å². The molecule has 0 radical (unpaired) electrons.